The highest BCUT2D eigenvalue weighted by molar-refractivity contribution is 6.30. The fraction of sp³-hybridized carbons (Fsp3) is 0.273. The number of benzene rings is 1. The SMILES string of the molecule is O=C(NCc1ccc(F)c(Cl)c1)N[C@@H](CO)C(=O)O. The summed E-state index contributed by atoms with van der Waals surface area (Å²) in [6, 6.07) is 1.80. The number of aliphatic hydroxyl groups excluding tert-OH is 1. The van der Waals surface area contributed by atoms with Crippen LogP contribution in [-0.2, 0) is 11.3 Å². The standard InChI is InChI=1S/C11H12ClFN2O4/c12-7-3-6(1-2-8(7)13)4-14-11(19)15-9(5-16)10(17)18/h1-3,9,16H,4-5H2,(H,17,18)(H2,14,15,19)/t9-/m0/s1. The second kappa shape index (κ2) is 6.91. The first-order valence-electron chi connectivity index (χ1n) is 5.26. The van der Waals surface area contributed by atoms with Gasteiger partial charge in [-0.05, 0) is 17.7 Å². The van der Waals surface area contributed by atoms with Crippen LogP contribution in [0.5, 0.6) is 0 Å². The molecule has 1 atom stereocenters. The third kappa shape index (κ3) is 4.72. The minimum Gasteiger partial charge on any atom is -0.480 e. The summed E-state index contributed by atoms with van der Waals surface area (Å²) in [4.78, 5) is 21.9. The largest absolute Gasteiger partial charge is 0.480 e. The molecule has 2 amide bonds. The lowest BCUT2D eigenvalue weighted by Gasteiger charge is -2.12. The van der Waals surface area contributed by atoms with Crippen molar-refractivity contribution in [3.63, 3.8) is 0 Å². The highest BCUT2D eigenvalue weighted by Gasteiger charge is 2.18. The van der Waals surface area contributed by atoms with Crippen molar-refractivity contribution in [1.29, 1.82) is 0 Å². The Morgan fingerprint density at radius 2 is 2.11 bits per heavy atom. The zero-order valence-electron chi connectivity index (χ0n) is 9.69. The first-order chi connectivity index (χ1) is 8.93. The van der Waals surface area contributed by atoms with Crippen LogP contribution >= 0.6 is 11.6 Å². The Balaban J connectivity index is 2.49. The van der Waals surface area contributed by atoms with Gasteiger partial charge in [-0.1, -0.05) is 17.7 Å². The van der Waals surface area contributed by atoms with Crippen LogP contribution in [0, 0.1) is 5.82 Å². The van der Waals surface area contributed by atoms with Crippen molar-refractivity contribution in [2.75, 3.05) is 6.61 Å². The van der Waals surface area contributed by atoms with Crippen molar-refractivity contribution in [1.82, 2.24) is 10.6 Å². The van der Waals surface area contributed by atoms with E-state index in [1.54, 1.807) is 0 Å². The van der Waals surface area contributed by atoms with Gasteiger partial charge in [0, 0.05) is 6.54 Å². The summed E-state index contributed by atoms with van der Waals surface area (Å²) in [6.45, 7) is -0.672. The van der Waals surface area contributed by atoms with E-state index in [9.17, 15) is 14.0 Å². The highest BCUT2D eigenvalue weighted by atomic mass is 35.5. The van der Waals surface area contributed by atoms with Gasteiger partial charge in [0.05, 0.1) is 11.6 Å². The van der Waals surface area contributed by atoms with E-state index in [1.807, 2.05) is 0 Å². The molecule has 0 saturated carbocycles. The second-order valence-corrected chi connectivity index (χ2v) is 4.06. The number of rotatable bonds is 5. The molecule has 0 unspecified atom stereocenters. The molecule has 0 spiro atoms. The molecular formula is C11H12ClFN2O4. The van der Waals surface area contributed by atoms with Crippen LogP contribution in [0.1, 0.15) is 5.56 Å². The molecule has 0 aliphatic rings. The molecule has 1 rings (SSSR count). The first kappa shape index (κ1) is 15.2. The van der Waals surface area contributed by atoms with Crippen LogP contribution in [0.15, 0.2) is 18.2 Å². The van der Waals surface area contributed by atoms with Gasteiger partial charge in [0.15, 0.2) is 6.04 Å². The van der Waals surface area contributed by atoms with Crippen molar-refractivity contribution in [2.24, 2.45) is 0 Å². The molecule has 0 aromatic heterocycles. The minimum absolute atomic E-state index is 0.0452. The van der Waals surface area contributed by atoms with E-state index in [1.165, 1.54) is 12.1 Å². The van der Waals surface area contributed by atoms with Crippen LogP contribution in [-0.4, -0.2) is 34.9 Å². The summed E-state index contributed by atoms with van der Waals surface area (Å²) in [5, 5.41) is 21.7. The van der Waals surface area contributed by atoms with E-state index in [2.05, 4.69) is 10.6 Å². The lowest BCUT2D eigenvalue weighted by Crippen LogP contribution is -2.47. The van der Waals surface area contributed by atoms with Crippen LogP contribution < -0.4 is 10.6 Å². The number of carboxylic acid groups (broad SMARTS) is 1. The zero-order chi connectivity index (χ0) is 14.4. The molecule has 0 radical (unpaired) electrons. The maximum absolute atomic E-state index is 12.9. The quantitative estimate of drug-likeness (QED) is 0.642. The molecule has 0 fully saturated rings. The van der Waals surface area contributed by atoms with Crippen LogP contribution in [0.2, 0.25) is 5.02 Å². The van der Waals surface area contributed by atoms with Gasteiger partial charge in [0.1, 0.15) is 5.82 Å². The Kier molecular flexibility index (Phi) is 5.53. The van der Waals surface area contributed by atoms with E-state index in [0.717, 1.165) is 6.07 Å². The van der Waals surface area contributed by atoms with E-state index >= 15 is 0 Å². The van der Waals surface area contributed by atoms with E-state index < -0.39 is 30.5 Å². The predicted octanol–water partition coefficient (Wildman–Crippen LogP) is 0.724. The summed E-state index contributed by atoms with van der Waals surface area (Å²) in [6.07, 6.45) is 0. The molecule has 1 aromatic rings. The third-order valence-electron chi connectivity index (χ3n) is 2.22. The lowest BCUT2D eigenvalue weighted by atomic mass is 10.2. The van der Waals surface area contributed by atoms with Gasteiger partial charge in [-0.3, -0.25) is 0 Å². The van der Waals surface area contributed by atoms with E-state index in [0.29, 0.717) is 5.56 Å². The van der Waals surface area contributed by atoms with Crippen molar-refractivity contribution in [3.05, 3.63) is 34.6 Å². The van der Waals surface area contributed by atoms with Gasteiger partial charge < -0.3 is 20.8 Å². The molecule has 0 saturated heterocycles. The molecule has 1 aromatic carbocycles. The molecule has 19 heavy (non-hydrogen) atoms. The van der Waals surface area contributed by atoms with Crippen molar-refractivity contribution in [3.8, 4) is 0 Å². The number of urea groups is 1. The number of nitrogens with one attached hydrogen (secondary N) is 2. The summed E-state index contributed by atoms with van der Waals surface area (Å²) in [7, 11) is 0. The number of carbonyl (C=O) groups is 2. The van der Waals surface area contributed by atoms with Crippen LogP contribution in [0.4, 0.5) is 9.18 Å². The molecule has 0 aliphatic carbocycles. The molecule has 104 valence electrons. The maximum Gasteiger partial charge on any atom is 0.328 e. The van der Waals surface area contributed by atoms with E-state index in [4.69, 9.17) is 21.8 Å². The summed E-state index contributed by atoms with van der Waals surface area (Å²) >= 11 is 5.56. The monoisotopic (exact) mass is 290 g/mol. The fourth-order valence-corrected chi connectivity index (χ4v) is 1.43. The van der Waals surface area contributed by atoms with E-state index in [-0.39, 0.29) is 11.6 Å². The van der Waals surface area contributed by atoms with Gasteiger partial charge in [0.2, 0.25) is 0 Å². The molecular weight excluding hydrogens is 279 g/mol. The maximum atomic E-state index is 12.9. The second-order valence-electron chi connectivity index (χ2n) is 3.65. The smallest absolute Gasteiger partial charge is 0.328 e. The Morgan fingerprint density at radius 3 is 2.63 bits per heavy atom. The van der Waals surface area contributed by atoms with Gasteiger partial charge in [-0.2, -0.15) is 0 Å². The Bertz CT molecular complexity index is 484. The summed E-state index contributed by atoms with van der Waals surface area (Å²) in [5.41, 5.74) is 0.553. The van der Waals surface area contributed by atoms with Gasteiger partial charge in [0.25, 0.3) is 0 Å². The first-order valence-corrected chi connectivity index (χ1v) is 5.63. The zero-order valence-corrected chi connectivity index (χ0v) is 10.4. The Labute approximate surface area is 113 Å². The topological polar surface area (TPSA) is 98.7 Å². The average molecular weight is 291 g/mol. The normalized spacial score (nSPS) is 11.7. The minimum atomic E-state index is -1.38. The van der Waals surface area contributed by atoms with Gasteiger partial charge in [-0.25, -0.2) is 14.0 Å². The predicted molar refractivity (Wildman–Crippen MR) is 65.3 cm³/mol. The van der Waals surface area contributed by atoms with Crippen molar-refractivity contribution >= 4 is 23.6 Å². The number of halogens is 2. The Hall–Kier alpha value is -1.86. The van der Waals surface area contributed by atoms with Crippen molar-refractivity contribution < 1.29 is 24.2 Å². The molecule has 6 nitrogen and oxygen atoms in total. The van der Waals surface area contributed by atoms with Crippen molar-refractivity contribution in [2.45, 2.75) is 12.6 Å². The summed E-state index contributed by atoms with van der Waals surface area (Å²) in [5.74, 6) is -1.91. The fourth-order valence-electron chi connectivity index (χ4n) is 1.23. The number of aliphatic hydroxyl groups is 1. The van der Waals surface area contributed by atoms with Gasteiger partial charge >= 0.3 is 12.0 Å². The van der Waals surface area contributed by atoms with Crippen LogP contribution in [0.25, 0.3) is 0 Å². The van der Waals surface area contributed by atoms with Gasteiger partial charge in [-0.15, -0.1) is 0 Å². The molecule has 0 heterocycles. The third-order valence-corrected chi connectivity index (χ3v) is 2.51. The number of hydrogen-bond donors (Lipinski definition) is 4. The van der Waals surface area contributed by atoms with Crippen LogP contribution in [0.3, 0.4) is 0 Å². The molecule has 0 aliphatic heterocycles. The molecule has 4 N–H and O–H groups in total. The molecule has 8 heteroatoms. The number of carbonyl (C=O) groups excluding carboxylic acids is 1. The summed E-state index contributed by atoms with van der Waals surface area (Å²) < 4.78 is 12.9. The molecule has 0 bridgehead atoms. The average Bonchev–Trinajstić information content (AvgIpc) is 2.37. The number of hydrogen-bond acceptors (Lipinski definition) is 3. The number of amides is 2. The number of carboxylic acids is 1. The number of aliphatic carboxylic acids is 1. The highest BCUT2D eigenvalue weighted by Crippen LogP contribution is 2.15. The Morgan fingerprint density at radius 1 is 1.42 bits per heavy atom. The lowest BCUT2D eigenvalue weighted by molar-refractivity contribution is -0.140.